The number of anilines is 1. The van der Waals surface area contributed by atoms with Gasteiger partial charge in [0.2, 0.25) is 0 Å². The monoisotopic (exact) mass is 364 g/mol. The molecule has 0 atom stereocenters. The van der Waals surface area contributed by atoms with E-state index in [1.54, 1.807) is 7.11 Å². The van der Waals surface area contributed by atoms with Crippen LogP contribution in [-0.2, 0) is 0 Å². The van der Waals surface area contributed by atoms with Gasteiger partial charge in [-0.25, -0.2) is 9.97 Å². The van der Waals surface area contributed by atoms with Crippen molar-refractivity contribution in [3.8, 4) is 5.75 Å². The Morgan fingerprint density at radius 3 is 2.96 bits per heavy atom. The first-order valence-corrected chi connectivity index (χ1v) is 9.27. The van der Waals surface area contributed by atoms with Crippen LogP contribution in [0.1, 0.15) is 35.1 Å². The van der Waals surface area contributed by atoms with Crippen LogP contribution in [0.15, 0.2) is 42.6 Å². The van der Waals surface area contributed by atoms with Crippen LogP contribution in [0.4, 0.5) is 5.13 Å². The number of rotatable bonds is 4. The highest BCUT2D eigenvalue weighted by molar-refractivity contribution is 7.22. The molecule has 3 heterocycles. The van der Waals surface area contributed by atoms with E-state index in [-0.39, 0.29) is 5.91 Å². The van der Waals surface area contributed by atoms with Crippen LogP contribution in [0.5, 0.6) is 5.75 Å². The minimum absolute atomic E-state index is 0.230. The molecule has 0 unspecified atom stereocenters. The van der Waals surface area contributed by atoms with Crippen molar-refractivity contribution in [1.82, 2.24) is 14.4 Å². The summed E-state index contributed by atoms with van der Waals surface area (Å²) in [5, 5.41) is 3.46. The first-order chi connectivity index (χ1) is 12.7. The van der Waals surface area contributed by atoms with Crippen LogP contribution < -0.4 is 10.1 Å². The topological polar surface area (TPSA) is 68.5 Å². The highest BCUT2D eigenvalue weighted by Gasteiger charge is 2.30. The van der Waals surface area contributed by atoms with Gasteiger partial charge < -0.3 is 9.14 Å². The maximum Gasteiger partial charge on any atom is 0.278 e. The molecule has 1 aromatic carbocycles. The number of hydrogen-bond acceptors (Lipinski definition) is 5. The molecule has 7 heteroatoms. The lowest BCUT2D eigenvalue weighted by molar-refractivity contribution is 0.102. The average molecular weight is 364 g/mol. The fourth-order valence-corrected chi connectivity index (χ4v) is 3.99. The summed E-state index contributed by atoms with van der Waals surface area (Å²) in [5.74, 6) is 1.97. The number of thiazole rings is 1. The summed E-state index contributed by atoms with van der Waals surface area (Å²) >= 11 is 1.42. The third-order valence-corrected chi connectivity index (χ3v) is 5.48. The van der Waals surface area contributed by atoms with Crippen LogP contribution in [-0.4, -0.2) is 27.4 Å². The number of pyridine rings is 1. The van der Waals surface area contributed by atoms with Crippen molar-refractivity contribution in [1.29, 1.82) is 0 Å². The lowest BCUT2D eigenvalue weighted by atomic mass is 10.3. The Kier molecular flexibility index (Phi) is 3.43. The number of fused-ring (bicyclic) bond motifs is 2. The van der Waals surface area contributed by atoms with E-state index in [1.165, 1.54) is 11.3 Å². The van der Waals surface area contributed by atoms with E-state index in [4.69, 9.17) is 4.74 Å². The smallest absolute Gasteiger partial charge is 0.278 e. The number of nitrogens with one attached hydrogen (secondary N) is 1. The fourth-order valence-electron chi connectivity index (χ4n) is 3.10. The summed E-state index contributed by atoms with van der Waals surface area (Å²) < 4.78 is 8.23. The molecule has 0 radical (unpaired) electrons. The Morgan fingerprint density at radius 1 is 1.27 bits per heavy atom. The molecule has 1 aliphatic carbocycles. The van der Waals surface area contributed by atoms with Gasteiger partial charge in [0.25, 0.3) is 5.91 Å². The van der Waals surface area contributed by atoms with Crippen molar-refractivity contribution < 1.29 is 9.53 Å². The number of imidazole rings is 1. The predicted molar refractivity (Wildman–Crippen MR) is 101 cm³/mol. The number of hydrogen-bond donors (Lipinski definition) is 1. The second kappa shape index (κ2) is 5.81. The van der Waals surface area contributed by atoms with Gasteiger partial charge in [0.15, 0.2) is 10.8 Å². The quantitative estimate of drug-likeness (QED) is 0.592. The third-order valence-electron chi connectivity index (χ3n) is 4.55. The number of benzene rings is 1. The SMILES string of the molecule is COc1ccc2nc(NC(=O)c3nc(C4CC4)n4ccccc34)sc2c1. The molecule has 1 aliphatic rings. The second-order valence-corrected chi connectivity index (χ2v) is 7.39. The van der Waals surface area contributed by atoms with Crippen LogP contribution in [0.2, 0.25) is 0 Å². The number of amides is 1. The molecule has 1 N–H and O–H groups in total. The first-order valence-electron chi connectivity index (χ1n) is 8.46. The molecule has 4 aromatic rings. The molecule has 0 aliphatic heterocycles. The standard InChI is InChI=1S/C19H16N4O2S/c1-25-12-7-8-13-15(10-12)26-19(20-13)22-18(24)16-14-4-2-3-9-23(14)17(21-16)11-5-6-11/h2-4,7-11H,5-6H2,1H3,(H,20,22,24). The van der Waals surface area contributed by atoms with Gasteiger partial charge in [0, 0.05) is 12.1 Å². The number of carbonyl (C=O) groups is 1. The molecule has 3 aromatic heterocycles. The number of ether oxygens (including phenoxy) is 1. The van der Waals surface area contributed by atoms with Crippen molar-refractivity contribution in [3.05, 3.63) is 54.1 Å². The normalized spacial score (nSPS) is 14.0. The zero-order valence-corrected chi connectivity index (χ0v) is 14.9. The van der Waals surface area contributed by atoms with Gasteiger partial charge >= 0.3 is 0 Å². The largest absolute Gasteiger partial charge is 0.497 e. The maximum absolute atomic E-state index is 12.8. The van der Waals surface area contributed by atoms with E-state index >= 15 is 0 Å². The zero-order chi connectivity index (χ0) is 17.7. The van der Waals surface area contributed by atoms with Crippen LogP contribution in [0.3, 0.4) is 0 Å². The van der Waals surface area contributed by atoms with Crippen molar-refractivity contribution in [2.75, 3.05) is 12.4 Å². The molecule has 0 bridgehead atoms. The highest BCUT2D eigenvalue weighted by Crippen LogP contribution is 2.40. The molecule has 26 heavy (non-hydrogen) atoms. The van der Waals surface area contributed by atoms with E-state index in [9.17, 15) is 4.79 Å². The molecule has 130 valence electrons. The van der Waals surface area contributed by atoms with Gasteiger partial charge in [-0.15, -0.1) is 0 Å². The molecule has 1 saturated carbocycles. The second-order valence-electron chi connectivity index (χ2n) is 6.36. The first kappa shape index (κ1) is 15.3. The Bertz CT molecular complexity index is 1140. The summed E-state index contributed by atoms with van der Waals surface area (Å²) in [6, 6.07) is 11.5. The molecular formula is C19H16N4O2S. The molecule has 6 nitrogen and oxygen atoms in total. The minimum Gasteiger partial charge on any atom is -0.497 e. The lowest BCUT2D eigenvalue weighted by Crippen LogP contribution is -2.12. The molecule has 1 amide bonds. The van der Waals surface area contributed by atoms with E-state index in [1.807, 2.05) is 47.0 Å². The van der Waals surface area contributed by atoms with Gasteiger partial charge in [-0.2, -0.15) is 0 Å². The van der Waals surface area contributed by atoms with Crippen molar-refractivity contribution in [2.45, 2.75) is 18.8 Å². The lowest BCUT2D eigenvalue weighted by Gasteiger charge is -1.99. The zero-order valence-electron chi connectivity index (χ0n) is 14.1. The Hall–Kier alpha value is -2.93. The van der Waals surface area contributed by atoms with Crippen LogP contribution in [0.25, 0.3) is 15.7 Å². The number of aromatic nitrogens is 3. The maximum atomic E-state index is 12.8. The van der Waals surface area contributed by atoms with Gasteiger partial charge in [0.1, 0.15) is 11.6 Å². The molecule has 0 saturated heterocycles. The predicted octanol–water partition coefficient (Wildman–Crippen LogP) is 4.08. The van der Waals surface area contributed by atoms with E-state index in [0.717, 1.165) is 40.1 Å². The summed E-state index contributed by atoms with van der Waals surface area (Å²) in [5.41, 5.74) is 2.11. The van der Waals surface area contributed by atoms with Crippen LogP contribution in [0, 0.1) is 0 Å². The van der Waals surface area contributed by atoms with Crippen molar-refractivity contribution >= 4 is 38.1 Å². The average Bonchev–Trinajstić information content (AvgIpc) is 3.31. The number of methoxy groups -OCH3 is 1. The summed E-state index contributed by atoms with van der Waals surface area (Å²) in [6.45, 7) is 0. The van der Waals surface area contributed by atoms with E-state index in [2.05, 4.69) is 15.3 Å². The van der Waals surface area contributed by atoms with Gasteiger partial charge in [-0.3, -0.25) is 10.1 Å². The summed E-state index contributed by atoms with van der Waals surface area (Å²) in [4.78, 5) is 22.0. The van der Waals surface area contributed by atoms with Crippen LogP contribution >= 0.6 is 11.3 Å². The number of carbonyl (C=O) groups excluding carboxylic acids is 1. The Balaban J connectivity index is 1.50. The number of nitrogens with zero attached hydrogens (tertiary/aromatic N) is 3. The fraction of sp³-hybridized carbons (Fsp3) is 0.211. The molecule has 1 fully saturated rings. The van der Waals surface area contributed by atoms with E-state index in [0.29, 0.717) is 16.7 Å². The van der Waals surface area contributed by atoms with Crippen molar-refractivity contribution in [3.63, 3.8) is 0 Å². The van der Waals surface area contributed by atoms with Gasteiger partial charge in [-0.1, -0.05) is 17.4 Å². The molecule has 0 spiro atoms. The molecule has 5 rings (SSSR count). The van der Waals surface area contributed by atoms with Gasteiger partial charge in [0.05, 0.1) is 22.8 Å². The molecular weight excluding hydrogens is 348 g/mol. The van der Waals surface area contributed by atoms with Crippen molar-refractivity contribution in [2.24, 2.45) is 0 Å². The Morgan fingerprint density at radius 2 is 2.15 bits per heavy atom. The summed E-state index contributed by atoms with van der Waals surface area (Å²) in [7, 11) is 1.63. The highest BCUT2D eigenvalue weighted by atomic mass is 32.1. The van der Waals surface area contributed by atoms with Gasteiger partial charge in [-0.05, 0) is 43.2 Å². The minimum atomic E-state index is -0.230. The summed E-state index contributed by atoms with van der Waals surface area (Å²) in [6.07, 6.45) is 4.24. The Labute approximate surface area is 153 Å². The van der Waals surface area contributed by atoms with E-state index < -0.39 is 0 Å². The third kappa shape index (κ3) is 2.52.